The van der Waals surface area contributed by atoms with Crippen LogP contribution in [0.4, 0.5) is 0 Å². The van der Waals surface area contributed by atoms with Gasteiger partial charge in [-0.05, 0) is 24.6 Å². The molecule has 1 aromatic carbocycles. The smallest absolute Gasteiger partial charge is 0.127 e. The Bertz CT molecular complexity index is 328. The van der Waals surface area contributed by atoms with Crippen LogP contribution >= 0.6 is 0 Å². The van der Waals surface area contributed by atoms with E-state index in [9.17, 15) is 0 Å². The van der Waals surface area contributed by atoms with Gasteiger partial charge < -0.3 is 14.8 Å². The van der Waals surface area contributed by atoms with Crippen molar-refractivity contribution >= 4 is 0 Å². The van der Waals surface area contributed by atoms with E-state index in [-0.39, 0.29) is 6.04 Å². The van der Waals surface area contributed by atoms with Crippen molar-refractivity contribution in [2.45, 2.75) is 26.8 Å². The van der Waals surface area contributed by atoms with Gasteiger partial charge in [0.25, 0.3) is 0 Å². The first-order chi connectivity index (χ1) is 8.15. The average Bonchev–Trinajstić information content (AvgIpc) is 2.34. The summed E-state index contributed by atoms with van der Waals surface area (Å²) in [6.07, 6.45) is 0. The van der Waals surface area contributed by atoms with Crippen molar-refractivity contribution in [1.29, 1.82) is 0 Å². The zero-order chi connectivity index (χ0) is 12.8. The highest BCUT2D eigenvalue weighted by Gasteiger charge is 2.22. The fraction of sp³-hybridized carbons (Fsp3) is 0.571. The van der Waals surface area contributed by atoms with E-state index in [1.807, 2.05) is 18.2 Å². The summed E-state index contributed by atoms with van der Waals surface area (Å²) in [7, 11) is 3.39. The Morgan fingerprint density at radius 2 is 1.65 bits per heavy atom. The Labute approximate surface area is 104 Å². The standard InChI is InChI=1S/C14H23NO2/c1-6-15-14(10(2)3)13-11(16-4)8-7-9-12(13)17-5/h7-10,14-15H,6H2,1-5H3. The molecule has 1 N–H and O–H groups in total. The van der Waals surface area contributed by atoms with Crippen molar-refractivity contribution in [3.63, 3.8) is 0 Å². The summed E-state index contributed by atoms with van der Waals surface area (Å²) < 4.78 is 10.9. The second-order valence-electron chi connectivity index (χ2n) is 4.36. The van der Waals surface area contributed by atoms with E-state index in [2.05, 4.69) is 26.1 Å². The monoisotopic (exact) mass is 237 g/mol. The van der Waals surface area contributed by atoms with Gasteiger partial charge in [-0.3, -0.25) is 0 Å². The minimum Gasteiger partial charge on any atom is -0.496 e. The maximum Gasteiger partial charge on any atom is 0.127 e. The molecule has 96 valence electrons. The van der Waals surface area contributed by atoms with Gasteiger partial charge in [-0.25, -0.2) is 0 Å². The lowest BCUT2D eigenvalue weighted by Gasteiger charge is -2.26. The Balaban J connectivity index is 3.22. The third-order valence-electron chi connectivity index (χ3n) is 2.87. The van der Waals surface area contributed by atoms with Gasteiger partial charge in [0.15, 0.2) is 0 Å². The Kier molecular flexibility index (Phi) is 5.29. The highest BCUT2D eigenvalue weighted by Crippen LogP contribution is 2.37. The van der Waals surface area contributed by atoms with E-state index < -0.39 is 0 Å². The number of ether oxygens (including phenoxy) is 2. The SMILES string of the molecule is CCNC(c1c(OC)cccc1OC)C(C)C. The van der Waals surface area contributed by atoms with Gasteiger partial charge >= 0.3 is 0 Å². The number of hydrogen-bond acceptors (Lipinski definition) is 3. The van der Waals surface area contributed by atoms with E-state index in [0.717, 1.165) is 23.6 Å². The molecule has 0 fully saturated rings. The molecule has 0 radical (unpaired) electrons. The van der Waals surface area contributed by atoms with Crippen molar-refractivity contribution in [2.24, 2.45) is 5.92 Å². The molecule has 0 aliphatic heterocycles. The molecule has 1 unspecified atom stereocenters. The normalized spacial score (nSPS) is 12.6. The van der Waals surface area contributed by atoms with Gasteiger partial charge in [-0.2, -0.15) is 0 Å². The summed E-state index contributed by atoms with van der Waals surface area (Å²) in [5.74, 6) is 2.23. The van der Waals surface area contributed by atoms with Crippen LogP contribution in [0, 0.1) is 5.92 Å². The summed E-state index contributed by atoms with van der Waals surface area (Å²) in [6.45, 7) is 7.42. The molecule has 17 heavy (non-hydrogen) atoms. The fourth-order valence-corrected chi connectivity index (χ4v) is 2.08. The molecular formula is C14H23NO2. The summed E-state index contributed by atoms with van der Waals surface area (Å²) in [6, 6.07) is 6.14. The Hall–Kier alpha value is -1.22. The third-order valence-corrected chi connectivity index (χ3v) is 2.87. The number of benzene rings is 1. The van der Waals surface area contributed by atoms with E-state index in [4.69, 9.17) is 9.47 Å². The lowest BCUT2D eigenvalue weighted by molar-refractivity contribution is 0.347. The van der Waals surface area contributed by atoms with Crippen molar-refractivity contribution < 1.29 is 9.47 Å². The first-order valence-corrected chi connectivity index (χ1v) is 6.09. The van der Waals surface area contributed by atoms with E-state index >= 15 is 0 Å². The molecular weight excluding hydrogens is 214 g/mol. The van der Waals surface area contributed by atoms with E-state index in [1.54, 1.807) is 14.2 Å². The molecule has 0 saturated heterocycles. The second-order valence-corrected chi connectivity index (χ2v) is 4.36. The molecule has 3 nitrogen and oxygen atoms in total. The molecule has 1 aromatic rings. The van der Waals surface area contributed by atoms with Crippen molar-refractivity contribution in [2.75, 3.05) is 20.8 Å². The molecule has 3 heteroatoms. The van der Waals surface area contributed by atoms with Gasteiger partial charge in [0.05, 0.1) is 19.8 Å². The largest absolute Gasteiger partial charge is 0.496 e. The average molecular weight is 237 g/mol. The van der Waals surface area contributed by atoms with E-state index in [0.29, 0.717) is 5.92 Å². The number of nitrogens with one attached hydrogen (secondary N) is 1. The molecule has 0 aliphatic rings. The van der Waals surface area contributed by atoms with Crippen LogP contribution in [-0.4, -0.2) is 20.8 Å². The molecule has 0 bridgehead atoms. The molecule has 0 heterocycles. The van der Waals surface area contributed by atoms with Gasteiger partial charge in [-0.1, -0.05) is 26.8 Å². The van der Waals surface area contributed by atoms with Crippen LogP contribution in [0.25, 0.3) is 0 Å². The van der Waals surface area contributed by atoms with Crippen LogP contribution in [0.1, 0.15) is 32.4 Å². The number of rotatable bonds is 6. The zero-order valence-electron chi connectivity index (χ0n) is 11.4. The Morgan fingerprint density at radius 3 is 2.00 bits per heavy atom. The van der Waals surface area contributed by atoms with Crippen molar-refractivity contribution in [1.82, 2.24) is 5.32 Å². The van der Waals surface area contributed by atoms with Gasteiger partial charge in [0.1, 0.15) is 11.5 Å². The van der Waals surface area contributed by atoms with Crippen LogP contribution in [0.2, 0.25) is 0 Å². The van der Waals surface area contributed by atoms with Crippen LogP contribution in [0.3, 0.4) is 0 Å². The number of methoxy groups -OCH3 is 2. The van der Waals surface area contributed by atoms with E-state index in [1.165, 1.54) is 0 Å². The minimum absolute atomic E-state index is 0.242. The van der Waals surface area contributed by atoms with Crippen molar-refractivity contribution in [3.05, 3.63) is 23.8 Å². The number of hydrogen-bond donors (Lipinski definition) is 1. The summed E-state index contributed by atoms with van der Waals surface area (Å²) >= 11 is 0. The molecule has 0 saturated carbocycles. The fourth-order valence-electron chi connectivity index (χ4n) is 2.08. The minimum atomic E-state index is 0.242. The summed E-state index contributed by atoms with van der Waals surface area (Å²) in [5.41, 5.74) is 1.11. The van der Waals surface area contributed by atoms with Crippen LogP contribution in [0.5, 0.6) is 11.5 Å². The molecule has 0 spiro atoms. The van der Waals surface area contributed by atoms with Crippen LogP contribution in [0.15, 0.2) is 18.2 Å². The van der Waals surface area contributed by atoms with Gasteiger partial charge in [-0.15, -0.1) is 0 Å². The molecule has 0 amide bonds. The van der Waals surface area contributed by atoms with Gasteiger partial charge in [0, 0.05) is 6.04 Å². The summed E-state index contributed by atoms with van der Waals surface area (Å²) in [5, 5.41) is 3.49. The highest BCUT2D eigenvalue weighted by atomic mass is 16.5. The van der Waals surface area contributed by atoms with Crippen LogP contribution in [-0.2, 0) is 0 Å². The van der Waals surface area contributed by atoms with Crippen LogP contribution < -0.4 is 14.8 Å². The summed E-state index contributed by atoms with van der Waals surface area (Å²) in [4.78, 5) is 0. The third kappa shape index (κ3) is 3.13. The van der Waals surface area contributed by atoms with Crippen molar-refractivity contribution in [3.8, 4) is 11.5 Å². The molecule has 1 atom stereocenters. The highest BCUT2D eigenvalue weighted by molar-refractivity contribution is 5.47. The Morgan fingerprint density at radius 1 is 1.12 bits per heavy atom. The lowest BCUT2D eigenvalue weighted by Crippen LogP contribution is -2.26. The molecule has 1 rings (SSSR count). The predicted octanol–water partition coefficient (Wildman–Crippen LogP) is 3.01. The van der Waals surface area contributed by atoms with Gasteiger partial charge in [0.2, 0.25) is 0 Å². The topological polar surface area (TPSA) is 30.5 Å². The predicted molar refractivity (Wildman–Crippen MR) is 70.8 cm³/mol. The molecule has 0 aromatic heterocycles. The maximum atomic E-state index is 5.45. The zero-order valence-corrected chi connectivity index (χ0v) is 11.4. The lowest BCUT2D eigenvalue weighted by atomic mass is 9.94. The first-order valence-electron chi connectivity index (χ1n) is 6.09. The quantitative estimate of drug-likeness (QED) is 0.825. The second kappa shape index (κ2) is 6.50. The maximum absolute atomic E-state index is 5.45. The molecule has 0 aliphatic carbocycles. The first kappa shape index (κ1) is 13.8.